The normalized spacial score (nSPS) is 10.9. The van der Waals surface area contributed by atoms with Gasteiger partial charge in [0.2, 0.25) is 0 Å². The SMILES string of the molecule is CC(C)n1cc(N)cc1C(=O)NCCCOCCO. The second-order valence-electron chi connectivity index (χ2n) is 4.61. The number of nitrogens with one attached hydrogen (secondary N) is 1. The Morgan fingerprint density at radius 3 is 2.89 bits per heavy atom. The molecule has 0 aromatic carbocycles. The predicted molar refractivity (Wildman–Crippen MR) is 74.1 cm³/mol. The van der Waals surface area contributed by atoms with Crippen LogP contribution in [0.15, 0.2) is 12.3 Å². The van der Waals surface area contributed by atoms with Crippen LogP contribution in [-0.2, 0) is 4.74 Å². The Morgan fingerprint density at radius 2 is 2.26 bits per heavy atom. The van der Waals surface area contributed by atoms with Gasteiger partial charge in [-0.25, -0.2) is 0 Å². The highest BCUT2D eigenvalue weighted by Gasteiger charge is 2.14. The van der Waals surface area contributed by atoms with Crippen molar-refractivity contribution in [2.75, 3.05) is 32.1 Å². The highest BCUT2D eigenvalue weighted by atomic mass is 16.5. The smallest absolute Gasteiger partial charge is 0.267 e. The molecule has 1 aromatic rings. The van der Waals surface area contributed by atoms with Gasteiger partial charge in [0.15, 0.2) is 0 Å². The van der Waals surface area contributed by atoms with E-state index in [2.05, 4.69) is 5.32 Å². The summed E-state index contributed by atoms with van der Waals surface area (Å²) in [5.74, 6) is -0.132. The molecule has 0 radical (unpaired) electrons. The maximum absolute atomic E-state index is 12.0. The minimum absolute atomic E-state index is 0.0214. The second-order valence-corrected chi connectivity index (χ2v) is 4.61. The minimum Gasteiger partial charge on any atom is -0.397 e. The number of anilines is 1. The molecule has 4 N–H and O–H groups in total. The number of aromatic nitrogens is 1. The fraction of sp³-hybridized carbons (Fsp3) is 0.615. The van der Waals surface area contributed by atoms with Gasteiger partial charge in [-0.3, -0.25) is 4.79 Å². The Balaban J connectivity index is 2.41. The van der Waals surface area contributed by atoms with E-state index in [1.807, 2.05) is 18.4 Å². The van der Waals surface area contributed by atoms with Crippen LogP contribution in [0.5, 0.6) is 0 Å². The number of carbonyl (C=O) groups is 1. The summed E-state index contributed by atoms with van der Waals surface area (Å²) >= 11 is 0. The van der Waals surface area contributed by atoms with Crippen LogP contribution in [0.4, 0.5) is 5.69 Å². The number of carbonyl (C=O) groups excluding carboxylic acids is 1. The lowest BCUT2D eigenvalue weighted by atomic mass is 10.3. The molecule has 0 saturated heterocycles. The van der Waals surface area contributed by atoms with Crippen LogP contribution in [0.1, 0.15) is 36.8 Å². The number of aliphatic hydroxyl groups is 1. The zero-order chi connectivity index (χ0) is 14.3. The van der Waals surface area contributed by atoms with E-state index in [4.69, 9.17) is 15.6 Å². The molecule has 0 aliphatic heterocycles. The topological polar surface area (TPSA) is 89.5 Å². The van der Waals surface area contributed by atoms with Gasteiger partial charge in [-0.15, -0.1) is 0 Å². The number of hydrogen-bond acceptors (Lipinski definition) is 4. The summed E-state index contributed by atoms with van der Waals surface area (Å²) in [4.78, 5) is 12.0. The lowest BCUT2D eigenvalue weighted by Crippen LogP contribution is -2.27. The van der Waals surface area contributed by atoms with E-state index in [9.17, 15) is 4.79 Å². The van der Waals surface area contributed by atoms with Crippen LogP contribution >= 0.6 is 0 Å². The van der Waals surface area contributed by atoms with Gasteiger partial charge in [0.05, 0.1) is 18.9 Å². The molecule has 0 saturated carbocycles. The van der Waals surface area contributed by atoms with Gasteiger partial charge >= 0.3 is 0 Å². The monoisotopic (exact) mass is 269 g/mol. The number of nitrogens with two attached hydrogens (primary N) is 1. The molecule has 0 bridgehead atoms. The molecule has 1 amide bonds. The van der Waals surface area contributed by atoms with Crippen LogP contribution in [-0.4, -0.2) is 41.9 Å². The molecule has 0 spiro atoms. The van der Waals surface area contributed by atoms with E-state index in [-0.39, 0.29) is 18.6 Å². The number of amides is 1. The van der Waals surface area contributed by atoms with Crippen molar-refractivity contribution in [1.29, 1.82) is 0 Å². The first kappa shape index (κ1) is 15.5. The summed E-state index contributed by atoms with van der Waals surface area (Å²) < 4.78 is 6.96. The van der Waals surface area contributed by atoms with E-state index < -0.39 is 0 Å². The predicted octanol–water partition coefficient (Wildman–Crippen LogP) is 0.780. The molecule has 19 heavy (non-hydrogen) atoms. The number of nitrogen functional groups attached to an aromatic ring is 1. The Kier molecular flexibility index (Phi) is 6.38. The van der Waals surface area contributed by atoms with Gasteiger partial charge in [0, 0.05) is 25.4 Å². The molecule has 6 heteroatoms. The largest absolute Gasteiger partial charge is 0.397 e. The molecule has 0 aliphatic rings. The number of nitrogens with zero attached hydrogens (tertiary/aromatic N) is 1. The number of aliphatic hydroxyl groups excluding tert-OH is 1. The maximum Gasteiger partial charge on any atom is 0.267 e. The van der Waals surface area contributed by atoms with Crippen LogP contribution < -0.4 is 11.1 Å². The van der Waals surface area contributed by atoms with Gasteiger partial charge in [-0.2, -0.15) is 0 Å². The van der Waals surface area contributed by atoms with E-state index in [0.717, 1.165) is 0 Å². The Labute approximate surface area is 113 Å². The van der Waals surface area contributed by atoms with Crippen molar-refractivity contribution in [3.8, 4) is 0 Å². The van der Waals surface area contributed by atoms with Crippen molar-refractivity contribution < 1.29 is 14.6 Å². The van der Waals surface area contributed by atoms with Crippen LogP contribution in [0, 0.1) is 0 Å². The highest BCUT2D eigenvalue weighted by Crippen LogP contribution is 2.16. The summed E-state index contributed by atoms with van der Waals surface area (Å²) in [6.07, 6.45) is 2.48. The zero-order valence-corrected chi connectivity index (χ0v) is 11.6. The molecule has 0 atom stereocenters. The molecular formula is C13H23N3O3. The first-order chi connectivity index (χ1) is 9.06. The average molecular weight is 269 g/mol. The Hall–Kier alpha value is -1.53. The fourth-order valence-corrected chi connectivity index (χ4v) is 1.74. The van der Waals surface area contributed by atoms with Crippen molar-refractivity contribution in [1.82, 2.24) is 9.88 Å². The standard InChI is InChI=1S/C13H23N3O3/c1-10(2)16-9-11(14)8-12(16)13(18)15-4-3-6-19-7-5-17/h8-10,17H,3-7,14H2,1-2H3,(H,15,18). The van der Waals surface area contributed by atoms with Crippen molar-refractivity contribution in [3.05, 3.63) is 18.0 Å². The third-order valence-electron chi connectivity index (χ3n) is 2.65. The van der Waals surface area contributed by atoms with Crippen molar-refractivity contribution in [2.24, 2.45) is 0 Å². The molecule has 0 fully saturated rings. The van der Waals surface area contributed by atoms with Crippen molar-refractivity contribution >= 4 is 11.6 Å². The summed E-state index contributed by atoms with van der Waals surface area (Å²) in [7, 11) is 0. The Bertz CT molecular complexity index is 402. The molecule has 1 rings (SSSR count). The quantitative estimate of drug-likeness (QED) is 0.608. The molecule has 0 aliphatic carbocycles. The van der Waals surface area contributed by atoms with E-state index in [1.165, 1.54) is 0 Å². The highest BCUT2D eigenvalue weighted by molar-refractivity contribution is 5.93. The van der Waals surface area contributed by atoms with Gasteiger partial charge in [-0.05, 0) is 26.3 Å². The summed E-state index contributed by atoms with van der Waals surface area (Å²) in [6.45, 7) is 5.41. The first-order valence-corrected chi connectivity index (χ1v) is 6.50. The van der Waals surface area contributed by atoms with Gasteiger partial charge in [0.1, 0.15) is 5.69 Å². The van der Waals surface area contributed by atoms with Crippen molar-refractivity contribution in [2.45, 2.75) is 26.3 Å². The molecular weight excluding hydrogens is 246 g/mol. The lowest BCUT2D eigenvalue weighted by molar-refractivity contribution is 0.0863. The van der Waals surface area contributed by atoms with Gasteiger partial charge in [0.25, 0.3) is 5.91 Å². The van der Waals surface area contributed by atoms with E-state index >= 15 is 0 Å². The van der Waals surface area contributed by atoms with Crippen LogP contribution in [0.2, 0.25) is 0 Å². The molecule has 6 nitrogen and oxygen atoms in total. The molecule has 108 valence electrons. The number of rotatable bonds is 8. The van der Waals surface area contributed by atoms with Crippen molar-refractivity contribution in [3.63, 3.8) is 0 Å². The summed E-state index contributed by atoms with van der Waals surface area (Å²) in [6, 6.07) is 1.86. The molecule has 0 unspecified atom stereocenters. The van der Waals surface area contributed by atoms with Gasteiger partial charge in [-0.1, -0.05) is 0 Å². The fourth-order valence-electron chi connectivity index (χ4n) is 1.74. The third-order valence-corrected chi connectivity index (χ3v) is 2.65. The van der Waals surface area contributed by atoms with E-state index in [1.54, 1.807) is 12.3 Å². The van der Waals surface area contributed by atoms with Gasteiger partial charge < -0.3 is 25.5 Å². The zero-order valence-electron chi connectivity index (χ0n) is 11.6. The van der Waals surface area contributed by atoms with Crippen LogP contribution in [0.3, 0.4) is 0 Å². The summed E-state index contributed by atoms with van der Waals surface area (Å²) in [5, 5.41) is 11.4. The Morgan fingerprint density at radius 1 is 1.53 bits per heavy atom. The molecule has 1 aromatic heterocycles. The third kappa shape index (κ3) is 4.92. The lowest BCUT2D eigenvalue weighted by Gasteiger charge is -2.12. The van der Waals surface area contributed by atoms with E-state index in [0.29, 0.717) is 37.6 Å². The summed E-state index contributed by atoms with van der Waals surface area (Å²) in [5.41, 5.74) is 6.88. The number of ether oxygens (including phenoxy) is 1. The first-order valence-electron chi connectivity index (χ1n) is 6.50. The minimum atomic E-state index is -0.132. The molecule has 1 heterocycles. The van der Waals surface area contributed by atoms with Crippen LogP contribution in [0.25, 0.3) is 0 Å². The number of hydrogen-bond donors (Lipinski definition) is 3. The average Bonchev–Trinajstić information content (AvgIpc) is 2.76. The second kappa shape index (κ2) is 7.81. The maximum atomic E-state index is 12.0.